The van der Waals surface area contributed by atoms with E-state index in [2.05, 4.69) is 17.4 Å². The number of nitrogens with zero attached hydrogens (tertiary/aromatic N) is 1. The molecule has 0 aromatic heterocycles. The fraction of sp³-hybridized carbons (Fsp3) is 0.417. The monoisotopic (exact) mass is 252 g/mol. The lowest BCUT2D eigenvalue weighted by Gasteiger charge is -2.18. The van der Waals surface area contributed by atoms with E-state index < -0.39 is 0 Å². The molecule has 2 rings (SSSR count). The van der Waals surface area contributed by atoms with Crippen LogP contribution in [0.3, 0.4) is 0 Å². The minimum Gasteiger partial charge on any atom is -0.290 e. The molecule has 1 unspecified atom stereocenters. The summed E-state index contributed by atoms with van der Waals surface area (Å²) < 4.78 is 0. The second kappa shape index (κ2) is 5.53. The molecular weight excluding hydrogens is 236 g/mol. The maximum atomic E-state index is 11.9. The van der Waals surface area contributed by atoms with Crippen molar-refractivity contribution in [2.24, 2.45) is 0 Å². The normalized spacial score (nSPS) is 23.6. The van der Waals surface area contributed by atoms with Crippen LogP contribution < -0.4 is 5.32 Å². The molecule has 1 N–H and O–H groups in total. The van der Waals surface area contributed by atoms with Gasteiger partial charge >= 0.3 is 0 Å². The van der Waals surface area contributed by atoms with Gasteiger partial charge in [-0.2, -0.15) is 0 Å². The summed E-state index contributed by atoms with van der Waals surface area (Å²) in [6.07, 6.45) is 0. The molecule has 1 aromatic rings. The molecule has 17 heavy (non-hydrogen) atoms. The van der Waals surface area contributed by atoms with Crippen molar-refractivity contribution in [3.05, 3.63) is 35.9 Å². The Bertz CT molecular complexity index is 385. The predicted octanol–water partition coefficient (Wildman–Crippen LogP) is 1.41. The molecule has 1 heterocycles. The number of thioether (sulfide) groups is 1. The van der Waals surface area contributed by atoms with Gasteiger partial charge in [0, 0.05) is 12.8 Å². The fourth-order valence-corrected chi connectivity index (χ4v) is 2.98. The quantitative estimate of drug-likeness (QED) is 0.826. The molecule has 0 radical (unpaired) electrons. The van der Waals surface area contributed by atoms with Crippen molar-refractivity contribution < 1.29 is 9.63 Å². The average Bonchev–Trinajstić information content (AvgIpc) is 2.87. The number of rotatable bonds is 3. The Balaban J connectivity index is 1.98. The van der Waals surface area contributed by atoms with Gasteiger partial charge in [-0.3, -0.25) is 14.9 Å². The highest BCUT2D eigenvalue weighted by molar-refractivity contribution is 7.99. The number of likely N-dealkylation sites (N-methyl/N-ethyl adjacent to an activating group) is 1. The van der Waals surface area contributed by atoms with Crippen molar-refractivity contribution in [3.8, 4) is 0 Å². The van der Waals surface area contributed by atoms with Crippen molar-refractivity contribution in [1.82, 2.24) is 10.4 Å². The summed E-state index contributed by atoms with van der Waals surface area (Å²) in [6, 6.07) is 9.97. The van der Waals surface area contributed by atoms with Crippen molar-refractivity contribution in [2.75, 3.05) is 19.9 Å². The predicted molar refractivity (Wildman–Crippen MR) is 68.3 cm³/mol. The standard InChI is InChI=1S/C12H16N2O2S/c1-14(16-2)12(15)10-8-17-11(13-10)9-6-4-3-5-7-9/h3-7,10-11,13H,8H2,1-2H3/t10-,11?/m0/s1. The number of benzene rings is 1. The lowest BCUT2D eigenvalue weighted by Crippen LogP contribution is -2.43. The molecule has 1 amide bonds. The van der Waals surface area contributed by atoms with E-state index in [0.717, 1.165) is 5.75 Å². The second-order valence-electron chi connectivity index (χ2n) is 3.86. The number of hydrogen-bond acceptors (Lipinski definition) is 4. The molecule has 0 bridgehead atoms. The van der Waals surface area contributed by atoms with E-state index >= 15 is 0 Å². The molecule has 2 atom stereocenters. The highest BCUT2D eigenvalue weighted by Crippen LogP contribution is 2.32. The summed E-state index contributed by atoms with van der Waals surface area (Å²) in [5.41, 5.74) is 1.20. The largest absolute Gasteiger partial charge is 0.290 e. The Kier molecular flexibility index (Phi) is 4.04. The average molecular weight is 252 g/mol. The second-order valence-corrected chi connectivity index (χ2v) is 5.00. The summed E-state index contributed by atoms with van der Waals surface area (Å²) in [5, 5.41) is 4.77. The van der Waals surface area contributed by atoms with Gasteiger partial charge in [0.15, 0.2) is 0 Å². The number of nitrogens with one attached hydrogen (secondary N) is 1. The van der Waals surface area contributed by atoms with Crippen LogP contribution in [0.5, 0.6) is 0 Å². The van der Waals surface area contributed by atoms with Gasteiger partial charge in [0.05, 0.1) is 18.5 Å². The zero-order chi connectivity index (χ0) is 12.3. The van der Waals surface area contributed by atoms with Gasteiger partial charge in [-0.05, 0) is 5.56 Å². The van der Waals surface area contributed by atoms with Gasteiger partial charge in [-0.25, -0.2) is 5.06 Å². The van der Waals surface area contributed by atoms with Crippen LogP contribution in [-0.2, 0) is 9.63 Å². The highest BCUT2D eigenvalue weighted by atomic mass is 32.2. The van der Waals surface area contributed by atoms with Crippen LogP contribution in [0, 0.1) is 0 Å². The zero-order valence-corrected chi connectivity index (χ0v) is 10.7. The van der Waals surface area contributed by atoms with Gasteiger partial charge in [-0.15, -0.1) is 11.8 Å². The van der Waals surface area contributed by atoms with E-state index in [1.54, 1.807) is 18.8 Å². The third-order valence-electron chi connectivity index (χ3n) is 2.77. The number of carbonyl (C=O) groups excluding carboxylic acids is 1. The van der Waals surface area contributed by atoms with Crippen LogP contribution in [-0.4, -0.2) is 36.9 Å². The molecule has 1 aliphatic heterocycles. The topological polar surface area (TPSA) is 41.6 Å². The van der Waals surface area contributed by atoms with Crippen molar-refractivity contribution in [2.45, 2.75) is 11.4 Å². The molecule has 5 heteroatoms. The first kappa shape index (κ1) is 12.4. The van der Waals surface area contributed by atoms with Gasteiger partial charge in [-0.1, -0.05) is 30.3 Å². The summed E-state index contributed by atoms with van der Waals surface area (Å²) in [5.74, 6) is 0.741. The van der Waals surface area contributed by atoms with E-state index in [9.17, 15) is 4.79 Å². The van der Waals surface area contributed by atoms with Crippen molar-refractivity contribution in [1.29, 1.82) is 0 Å². The molecule has 4 nitrogen and oxygen atoms in total. The molecule has 0 spiro atoms. The van der Waals surface area contributed by atoms with Crippen LogP contribution in [0.25, 0.3) is 0 Å². The number of hydroxylamine groups is 2. The molecule has 92 valence electrons. The Morgan fingerprint density at radius 3 is 2.82 bits per heavy atom. The first-order chi connectivity index (χ1) is 8.22. The summed E-state index contributed by atoms with van der Waals surface area (Å²) in [4.78, 5) is 16.8. The molecule has 1 aliphatic rings. The smallest absolute Gasteiger partial charge is 0.263 e. The van der Waals surface area contributed by atoms with Gasteiger partial charge in [0.1, 0.15) is 0 Å². The molecular formula is C12H16N2O2S. The van der Waals surface area contributed by atoms with E-state index in [0.29, 0.717) is 0 Å². The molecule has 1 aromatic carbocycles. The SMILES string of the molecule is CON(C)C(=O)[C@@H]1CSC(c2ccccc2)N1. The molecule has 1 fully saturated rings. The minimum atomic E-state index is -0.171. The lowest BCUT2D eigenvalue weighted by atomic mass is 10.2. The first-order valence-electron chi connectivity index (χ1n) is 5.46. The first-order valence-corrected chi connectivity index (χ1v) is 6.51. The van der Waals surface area contributed by atoms with E-state index in [1.807, 2.05) is 18.2 Å². The molecule has 0 aliphatic carbocycles. The third kappa shape index (κ3) is 2.80. The number of hydrogen-bond donors (Lipinski definition) is 1. The van der Waals surface area contributed by atoms with Crippen molar-refractivity contribution in [3.63, 3.8) is 0 Å². The zero-order valence-electron chi connectivity index (χ0n) is 9.92. The van der Waals surface area contributed by atoms with Crippen molar-refractivity contribution >= 4 is 17.7 Å². The summed E-state index contributed by atoms with van der Waals surface area (Å²) in [6.45, 7) is 0. The minimum absolute atomic E-state index is 0.0292. The summed E-state index contributed by atoms with van der Waals surface area (Å²) >= 11 is 1.75. The van der Waals surface area contributed by atoms with Gasteiger partial charge in [0.2, 0.25) is 0 Å². The van der Waals surface area contributed by atoms with Crippen LogP contribution in [0.15, 0.2) is 30.3 Å². The van der Waals surface area contributed by atoms with E-state index in [1.165, 1.54) is 17.7 Å². The summed E-state index contributed by atoms with van der Waals surface area (Å²) in [7, 11) is 3.12. The lowest BCUT2D eigenvalue weighted by molar-refractivity contribution is -0.170. The van der Waals surface area contributed by atoms with Crippen LogP contribution in [0.4, 0.5) is 0 Å². The van der Waals surface area contributed by atoms with Crippen LogP contribution in [0.2, 0.25) is 0 Å². The van der Waals surface area contributed by atoms with Gasteiger partial charge < -0.3 is 0 Å². The Hall–Kier alpha value is -1.04. The van der Waals surface area contributed by atoms with Crippen LogP contribution >= 0.6 is 11.8 Å². The Labute approximate surface area is 105 Å². The molecule has 1 saturated heterocycles. The highest BCUT2D eigenvalue weighted by Gasteiger charge is 2.32. The van der Waals surface area contributed by atoms with Crippen LogP contribution in [0.1, 0.15) is 10.9 Å². The maximum Gasteiger partial charge on any atom is 0.263 e. The van der Waals surface area contributed by atoms with E-state index in [-0.39, 0.29) is 17.3 Å². The maximum absolute atomic E-state index is 11.9. The molecule has 0 saturated carbocycles. The Morgan fingerprint density at radius 2 is 2.18 bits per heavy atom. The van der Waals surface area contributed by atoms with Gasteiger partial charge in [0.25, 0.3) is 5.91 Å². The third-order valence-corrected chi connectivity index (χ3v) is 4.03. The Morgan fingerprint density at radius 1 is 1.47 bits per heavy atom. The number of carbonyl (C=O) groups is 1. The number of amides is 1. The fourth-order valence-electron chi connectivity index (χ4n) is 1.74. The van der Waals surface area contributed by atoms with E-state index in [4.69, 9.17) is 4.84 Å².